The lowest BCUT2D eigenvalue weighted by atomic mass is 9.72. The number of allylic oxidation sites excluding steroid dienone is 9. The van der Waals surface area contributed by atoms with Crippen LogP contribution in [0.5, 0.6) is 0 Å². The summed E-state index contributed by atoms with van der Waals surface area (Å²) in [6, 6.07) is 0. The topological polar surface area (TPSA) is 66.4 Å². The van der Waals surface area contributed by atoms with E-state index in [1.807, 2.05) is 13.0 Å². The molecule has 4 heteroatoms. The highest BCUT2D eigenvalue weighted by Crippen LogP contribution is 2.40. The fourth-order valence-corrected chi connectivity index (χ4v) is 3.40. The molecular weight excluding hydrogens is 338 g/mol. The fraction of sp³-hybridized carbons (Fsp3) is 0.478. The van der Waals surface area contributed by atoms with Crippen molar-refractivity contribution in [2.75, 3.05) is 6.54 Å². The van der Waals surface area contributed by atoms with Crippen LogP contribution in [0.15, 0.2) is 58.2 Å². The first-order valence-electron chi connectivity index (χ1n) is 9.55. The van der Waals surface area contributed by atoms with Crippen molar-refractivity contribution in [2.45, 2.75) is 60.8 Å². The van der Waals surface area contributed by atoms with E-state index in [4.69, 9.17) is 0 Å². The zero-order valence-electron chi connectivity index (χ0n) is 17.5. The van der Waals surface area contributed by atoms with Gasteiger partial charge in [0.05, 0.1) is 0 Å². The summed E-state index contributed by atoms with van der Waals surface area (Å²) in [5.74, 6) is -1.78. The molecule has 27 heavy (non-hydrogen) atoms. The molecule has 0 aliphatic heterocycles. The predicted octanol–water partition coefficient (Wildman–Crippen LogP) is 5.11. The number of nitrogens with one attached hydrogen (secondary N) is 1. The lowest BCUT2D eigenvalue weighted by Gasteiger charge is -2.32. The second kappa shape index (κ2) is 10.1. The van der Waals surface area contributed by atoms with Gasteiger partial charge in [-0.2, -0.15) is 0 Å². The van der Waals surface area contributed by atoms with E-state index >= 15 is 0 Å². The van der Waals surface area contributed by atoms with E-state index < -0.39 is 11.9 Å². The zero-order valence-corrected chi connectivity index (χ0v) is 17.5. The molecule has 0 aromatic rings. The summed E-state index contributed by atoms with van der Waals surface area (Å²) in [7, 11) is 0. The third-order valence-corrected chi connectivity index (χ3v) is 4.93. The summed E-state index contributed by atoms with van der Waals surface area (Å²) in [6.45, 7) is 12.6. The van der Waals surface area contributed by atoms with Gasteiger partial charge in [-0.15, -0.1) is 0 Å². The smallest absolute Gasteiger partial charge is 0.341 e. The van der Waals surface area contributed by atoms with Gasteiger partial charge in [0.2, 0.25) is 0 Å². The van der Waals surface area contributed by atoms with Crippen LogP contribution in [-0.4, -0.2) is 23.5 Å². The van der Waals surface area contributed by atoms with E-state index in [0.29, 0.717) is 12.1 Å². The fourth-order valence-electron chi connectivity index (χ4n) is 3.40. The Morgan fingerprint density at radius 1 is 1.22 bits per heavy atom. The lowest BCUT2D eigenvalue weighted by molar-refractivity contribution is -0.135. The number of carboxylic acid groups (broad SMARTS) is 1. The Kier molecular flexibility index (Phi) is 8.48. The molecule has 4 nitrogen and oxygen atoms in total. The van der Waals surface area contributed by atoms with Crippen molar-refractivity contribution in [3.63, 3.8) is 0 Å². The molecule has 2 N–H and O–H groups in total. The largest absolute Gasteiger partial charge is 0.477 e. The Hall–Kier alpha value is -2.36. The number of carbonyl (C=O) groups excluding carboxylic acids is 1. The minimum atomic E-state index is -1.22. The third-order valence-electron chi connectivity index (χ3n) is 4.93. The van der Waals surface area contributed by atoms with E-state index in [2.05, 4.69) is 38.2 Å². The molecule has 1 amide bonds. The van der Waals surface area contributed by atoms with Crippen LogP contribution in [0.4, 0.5) is 0 Å². The maximum atomic E-state index is 11.9. The molecule has 0 fully saturated rings. The molecule has 0 saturated heterocycles. The highest BCUT2D eigenvalue weighted by molar-refractivity contribution is 6.16. The van der Waals surface area contributed by atoms with Crippen molar-refractivity contribution in [3.05, 3.63) is 58.2 Å². The Morgan fingerprint density at radius 2 is 1.89 bits per heavy atom. The van der Waals surface area contributed by atoms with Crippen LogP contribution < -0.4 is 5.32 Å². The van der Waals surface area contributed by atoms with E-state index in [0.717, 1.165) is 12.0 Å². The molecule has 1 aliphatic rings. The van der Waals surface area contributed by atoms with Crippen molar-refractivity contribution in [1.82, 2.24) is 5.32 Å². The SMILES string of the molecule is CCNC(=O)C(C(=O)O)=C(C)C=CC=C(C)C=CC1=C(C)CCCC1(C)C. The van der Waals surface area contributed by atoms with Gasteiger partial charge in [0.25, 0.3) is 5.91 Å². The Morgan fingerprint density at radius 3 is 2.44 bits per heavy atom. The standard InChI is InChI=1S/C23H33NO3/c1-7-24-21(25)20(22(26)27)18(4)11-8-10-16(2)13-14-19-17(3)12-9-15-23(19,5)6/h8,10-11,13-14H,7,9,12,15H2,1-6H3,(H,24,25)(H,26,27). The average Bonchev–Trinajstić information content (AvgIpc) is 2.53. The molecule has 0 radical (unpaired) electrons. The first kappa shape index (κ1) is 22.7. The quantitative estimate of drug-likeness (QED) is 0.283. The van der Waals surface area contributed by atoms with Crippen molar-refractivity contribution in [2.24, 2.45) is 5.41 Å². The molecule has 0 bridgehead atoms. The molecular formula is C23H33NO3. The van der Waals surface area contributed by atoms with Gasteiger partial charge in [0, 0.05) is 6.54 Å². The molecule has 1 rings (SSSR count). The van der Waals surface area contributed by atoms with Crippen molar-refractivity contribution < 1.29 is 14.7 Å². The molecule has 0 spiro atoms. The molecule has 0 heterocycles. The number of likely N-dealkylation sites (N-methyl/N-ethyl adjacent to an activating group) is 1. The van der Waals surface area contributed by atoms with Crippen LogP contribution in [-0.2, 0) is 9.59 Å². The number of carbonyl (C=O) groups is 2. The zero-order chi connectivity index (χ0) is 20.6. The number of carboxylic acids is 1. The van der Waals surface area contributed by atoms with Crippen LogP contribution in [0.3, 0.4) is 0 Å². The molecule has 0 aromatic heterocycles. The van der Waals surface area contributed by atoms with Gasteiger partial charge in [0.1, 0.15) is 5.57 Å². The van der Waals surface area contributed by atoms with Gasteiger partial charge >= 0.3 is 5.97 Å². The van der Waals surface area contributed by atoms with Gasteiger partial charge in [-0.1, -0.05) is 55.4 Å². The van der Waals surface area contributed by atoms with Crippen molar-refractivity contribution >= 4 is 11.9 Å². The van der Waals surface area contributed by atoms with Crippen LogP contribution in [0.1, 0.15) is 60.8 Å². The van der Waals surface area contributed by atoms with E-state index in [1.165, 1.54) is 24.0 Å². The highest BCUT2D eigenvalue weighted by atomic mass is 16.4. The minimum Gasteiger partial charge on any atom is -0.477 e. The molecule has 0 atom stereocenters. The van der Waals surface area contributed by atoms with E-state index in [9.17, 15) is 14.7 Å². The second-order valence-corrected chi connectivity index (χ2v) is 7.76. The maximum absolute atomic E-state index is 11.9. The van der Waals surface area contributed by atoms with Gasteiger partial charge in [0.15, 0.2) is 0 Å². The first-order chi connectivity index (χ1) is 12.6. The Balaban J connectivity index is 2.96. The summed E-state index contributed by atoms with van der Waals surface area (Å²) < 4.78 is 0. The van der Waals surface area contributed by atoms with E-state index in [-0.39, 0.29) is 11.0 Å². The number of hydrogen-bond donors (Lipinski definition) is 2. The molecule has 1 aliphatic carbocycles. The van der Waals surface area contributed by atoms with Crippen molar-refractivity contribution in [3.8, 4) is 0 Å². The minimum absolute atomic E-state index is 0.206. The normalized spacial score (nSPS) is 18.8. The maximum Gasteiger partial charge on any atom is 0.341 e. The lowest BCUT2D eigenvalue weighted by Crippen LogP contribution is -2.28. The van der Waals surface area contributed by atoms with Gasteiger partial charge in [-0.3, -0.25) is 4.79 Å². The average molecular weight is 372 g/mol. The Labute approximate surface area is 163 Å². The molecule has 0 aromatic carbocycles. The first-order valence-corrected chi connectivity index (χ1v) is 9.55. The number of aliphatic carboxylic acids is 1. The van der Waals surface area contributed by atoms with Crippen LogP contribution in [0, 0.1) is 5.41 Å². The molecule has 148 valence electrons. The van der Waals surface area contributed by atoms with Gasteiger partial charge in [-0.25, -0.2) is 4.79 Å². The van der Waals surface area contributed by atoms with Crippen LogP contribution in [0.25, 0.3) is 0 Å². The predicted molar refractivity (Wildman–Crippen MR) is 111 cm³/mol. The third kappa shape index (κ3) is 6.70. The van der Waals surface area contributed by atoms with Gasteiger partial charge in [-0.05, 0) is 63.5 Å². The monoisotopic (exact) mass is 371 g/mol. The summed E-state index contributed by atoms with van der Waals surface area (Å²) >= 11 is 0. The summed E-state index contributed by atoms with van der Waals surface area (Å²) in [5, 5.41) is 11.8. The number of rotatable bonds is 7. The van der Waals surface area contributed by atoms with Crippen LogP contribution >= 0.6 is 0 Å². The summed E-state index contributed by atoms with van der Waals surface area (Å²) in [6.07, 6.45) is 13.3. The highest BCUT2D eigenvalue weighted by Gasteiger charge is 2.26. The van der Waals surface area contributed by atoms with E-state index in [1.54, 1.807) is 26.0 Å². The second-order valence-electron chi connectivity index (χ2n) is 7.76. The molecule has 0 unspecified atom stereocenters. The van der Waals surface area contributed by atoms with Crippen molar-refractivity contribution in [1.29, 1.82) is 0 Å². The van der Waals surface area contributed by atoms with Gasteiger partial charge < -0.3 is 10.4 Å². The molecule has 0 saturated carbocycles. The summed E-state index contributed by atoms with van der Waals surface area (Å²) in [4.78, 5) is 23.2. The number of hydrogen-bond acceptors (Lipinski definition) is 2. The summed E-state index contributed by atoms with van der Waals surface area (Å²) in [5.41, 5.74) is 4.34. The van der Waals surface area contributed by atoms with Crippen LogP contribution in [0.2, 0.25) is 0 Å². The Bertz CT molecular complexity index is 731. The number of amides is 1.